The SMILES string of the molecule is CC1CCN(C)CC(CO)N1Cc1ccncc1. The highest BCUT2D eigenvalue weighted by molar-refractivity contribution is 5.10. The Labute approximate surface area is 109 Å². The molecular formula is C14H23N3O. The Morgan fingerprint density at radius 2 is 2.11 bits per heavy atom. The molecule has 100 valence electrons. The van der Waals surface area contributed by atoms with Crippen molar-refractivity contribution in [1.82, 2.24) is 14.8 Å². The normalized spacial score (nSPS) is 27.1. The molecule has 0 bridgehead atoms. The van der Waals surface area contributed by atoms with Crippen LogP contribution in [0.15, 0.2) is 24.5 Å². The molecule has 0 aliphatic carbocycles. The number of nitrogens with zero attached hydrogens (tertiary/aromatic N) is 3. The predicted octanol–water partition coefficient (Wildman–Crippen LogP) is 0.968. The predicted molar refractivity (Wildman–Crippen MR) is 72.2 cm³/mol. The minimum Gasteiger partial charge on any atom is -0.395 e. The van der Waals surface area contributed by atoms with E-state index in [0.29, 0.717) is 6.04 Å². The molecule has 18 heavy (non-hydrogen) atoms. The summed E-state index contributed by atoms with van der Waals surface area (Å²) in [5.41, 5.74) is 1.26. The van der Waals surface area contributed by atoms with Crippen molar-refractivity contribution in [2.75, 3.05) is 26.7 Å². The highest BCUT2D eigenvalue weighted by Gasteiger charge is 2.27. The topological polar surface area (TPSA) is 39.6 Å². The van der Waals surface area contributed by atoms with Crippen LogP contribution in [-0.4, -0.2) is 58.7 Å². The summed E-state index contributed by atoms with van der Waals surface area (Å²) in [4.78, 5) is 8.78. The molecule has 4 heteroatoms. The highest BCUT2D eigenvalue weighted by atomic mass is 16.3. The number of aliphatic hydroxyl groups excluding tert-OH is 1. The van der Waals surface area contributed by atoms with Crippen LogP contribution in [0.1, 0.15) is 18.9 Å². The van der Waals surface area contributed by atoms with Crippen LogP contribution >= 0.6 is 0 Å². The van der Waals surface area contributed by atoms with Gasteiger partial charge in [0, 0.05) is 37.6 Å². The fraction of sp³-hybridized carbons (Fsp3) is 0.643. The van der Waals surface area contributed by atoms with Crippen molar-refractivity contribution in [3.05, 3.63) is 30.1 Å². The van der Waals surface area contributed by atoms with E-state index in [1.165, 1.54) is 5.56 Å². The first-order valence-corrected chi connectivity index (χ1v) is 6.64. The molecule has 1 saturated heterocycles. The number of hydrogen-bond donors (Lipinski definition) is 1. The van der Waals surface area contributed by atoms with Crippen LogP contribution in [0.2, 0.25) is 0 Å². The van der Waals surface area contributed by atoms with E-state index in [9.17, 15) is 5.11 Å². The second kappa shape index (κ2) is 6.27. The van der Waals surface area contributed by atoms with Crippen LogP contribution in [0.3, 0.4) is 0 Å². The maximum atomic E-state index is 9.62. The van der Waals surface area contributed by atoms with Gasteiger partial charge in [0.25, 0.3) is 0 Å². The molecule has 1 aliphatic heterocycles. The van der Waals surface area contributed by atoms with Crippen molar-refractivity contribution < 1.29 is 5.11 Å². The zero-order valence-electron chi connectivity index (χ0n) is 11.3. The quantitative estimate of drug-likeness (QED) is 0.866. The molecule has 2 unspecified atom stereocenters. The fourth-order valence-electron chi connectivity index (χ4n) is 2.64. The number of rotatable bonds is 3. The molecule has 0 aromatic carbocycles. The van der Waals surface area contributed by atoms with Crippen LogP contribution in [0.4, 0.5) is 0 Å². The Morgan fingerprint density at radius 3 is 2.78 bits per heavy atom. The van der Waals surface area contributed by atoms with E-state index in [1.807, 2.05) is 12.4 Å². The van der Waals surface area contributed by atoms with Crippen LogP contribution in [-0.2, 0) is 6.54 Å². The Bertz CT molecular complexity index is 357. The maximum Gasteiger partial charge on any atom is 0.0599 e. The number of hydrogen-bond acceptors (Lipinski definition) is 4. The number of aromatic nitrogens is 1. The highest BCUT2D eigenvalue weighted by Crippen LogP contribution is 2.18. The van der Waals surface area contributed by atoms with Gasteiger partial charge in [-0.2, -0.15) is 0 Å². The molecule has 1 aromatic rings. The average Bonchev–Trinajstić information content (AvgIpc) is 2.53. The van der Waals surface area contributed by atoms with Crippen molar-refractivity contribution in [3.63, 3.8) is 0 Å². The van der Waals surface area contributed by atoms with E-state index in [4.69, 9.17) is 0 Å². The molecule has 0 saturated carbocycles. The van der Waals surface area contributed by atoms with Crippen molar-refractivity contribution in [2.24, 2.45) is 0 Å². The van der Waals surface area contributed by atoms with E-state index in [1.54, 1.807) is 0 Å². The van der Waals surface area contributed by atoms with Gasteiger partial charge in [-0.05, 0) is 44.6 Å². The Kier molecular flexibility index (Phi) is 4.69. The third kappa shape index (κ3) is 3.28. The van der Waals surface area contributed by atoms with Gasteiger partial charge < -0.3 is 10.0 Å². The van der Waals surface area contributed by atoms with E-state index < -0.39 is 0 Å². The van der Waals surface area contributed by atoms with E-state index in [-0.39, 0.29) is 12.6 Å². The molecule has 4 nitrogen and oxygen atoms in total. The molecule has 2 atom stereocenters. The maximum absolute atomic E-state index is 9.62. The van der Waals surface area contributed by atoms with E-state index in [2.05, 4.69) is 40.9 Å². The van der Waals surface area contributed by atoms with Gasteiger partial charge >= 0.3 is 0 Å². The standard InChI is InChI=1S/C14H23N3O/c1-12-5-8-16(2)10-14(11-18)17(12)9-13-3-6-15-7-4-13/h3-4,6-7,12,14,18H,5,8-11H2,1-2H3. The van der Waals surface area contributed by atoms with Gasteiger partial charge in [0.05, 0.1) is 6.61 Å². The van der Waals surface area contributed by atoms with Gasteiger partial charge in [0.1, 0.15) is 0 Å². The minimum absolute atomic E-state index is 0.222. The second-order valence-electron chi connectivity index (χ2n) is 5.26. The van der Waals surface area contributed by atoms with Gasteiger partial charge in [-0.25, -0.2) is 0 Å². The molecule has 0 amide bonds. The van der Waals surface area contributed by atoms with Crippen LogP contribution in [0, 0.1) is 0 Å². The molecule has 1 N–H and O–H groups in total. The number of likely N-dealkylation sites (N-methyl/N-ethyl adjacent to an activating group) is 1. The van der Waals surface area contributed by atoms with Crippen molar-refractivity contribution in [2.45, 2.75) is 32.0 Å². The largest absolute Gasteiger partial charge is 0.395 e. The third-order valence-electron chi connectivity index (χ3n) is 3.81. The first-order chi connectivity index (χ1) is 8.70. The zero-order valence-corrected chi connectivity index (χ0v) is 11.3. The first-order valence-electron chi connectivity index (χ1n) is 6.64. The summed E-state index contributed by atoms with van der Waals surface area (Å²) in [5.74, 6) is 0. The second-order valence-corrected chi connectivity index (χ2v) is 5.26. The molecule has 2 heterocycles. The molecule has 1 aromatic heterocycles. The Morgan fingerprint density at radius 1 is 1.39 bits per heavy atom. The summed E-state index contributed by atoms with van der Waals surface area (Å²) in [6.07, 6.45) is 4.81. The fourth-order valence-corrected chi connectivity index (χ4v) is 2.64. The lowest BCUT2D eigenvalue weighted by Crippen LogP contribution is -2.45. The van der Waals surface area contributed by atoms with Gasteiger partial charge in [0.15, 0.2) is 0 Å². The van der Waals surface area contributed by atoms with Gasteiger partial charge in [-0.1, -0.05) is 0 Å². The lowest BCUT2D eigenvalue weighted by molar-refractivity contribution is 0.0828. The van der Waals surface area contributed by atoms with Gasteiger partial charge in [0.2, 0.25) is 0 Å². The van der Waals surface area contributed by atoms with Crippen molar-refractivity contribution >= 4 is 0 Å². The first kappa shape index (κ1) is 13.5. The lowest BCUT2D eigenvalue weighted by atomic mass is 10.1. The van der Waals surface area contributed by atoms with Crippen molar-refractivity contribution in [1.29, 1.82) is 0 Å². The smallest absolute Gasteiger partial charge is 0.0599 e. The summed E-state index contributed by atoms with van der Waals surface area (Å²) in [6, 6.07) is 4.83. The minimum atomic E-state index is 0.222. The Balaban J connectivity index is 2.11. The summed E-state index contributed by atoms with van der Waals surface area (Å²) in [5, 5.41) is 9.62. The molecule has 0 radical (unpaired) electrons. The molecule has 1 aliphatic rings. The number of pyridine rings is 1. The van der Waals surface area contributed by atoms with Crippen LogP contribution in [0.5, 0.6) is 0 Å². The summed E-state index contributed by atoms with van der Waals surface area (Å²) in [7, 11) is 2.13. The van der Waals surface area contributed by atoms with E-state index >= 15 is 0 Å². The average molecular weight is 249 g/mol. The molecule has 1 fully saturated rings. The molecule has 0 spiro atoms. The summed E-state index contributed by atoms with van der Waals surface area (Å²) < 4.78 is 0. The Hall–Kier alpha value is -0.970. The zero-order chi connectivity index (χ0) is 13.0. The molecule has 2 rings (SSSR count). The van der Waals surface area contributed by atoms with Crippen molar-refractivity contribution in [3.8, 4) is 0 Å². The lowest BCUT2D eigenvalue weighted by Gasteiger charge is -2.33. The third-order valence-corrected chi connectivity index (χ3v) is 3.81. The van der Waals surface area contributed by atoms with Crippen LogP contribution < -0.4 is 0 Å². The summed E-state index contributed by atoms with van der Waals surface area (Å²) >= 11 is 0. The monoisotopic (exact) mass is 249 g/mol. The molecular weight excluding hydrogens is 226 g/mol. The number of aliphatic hydroxyl groups is 1. The summed E-state index contributed by atoms with van der Waals surface area (Å²) in [6.45, 7) is 5.40. The van der Waals surface area contributed by atoms with Crippen LogP contribution in [0.25, 0.3) is 0 Å². The van der Waals surface area contributed by atoms with Gasteiger partial charge in [-0.15, -0.1) is 0 Å². The van der Waals surface area contributed by atoms with Gasteiger partial charge in [-0.3, -0.25) is 9.88 Å². The van der Waals surface area contributed by atoms with E-state index in [0.717, 1.165) is 26.1 Å².